The van der Waals surface area contributed by atoms with E-state index in [0.717, 1.165) is 5.56 Å². The Morgan fingerprint density at radius 2 is 1.88 bits per heavy atom. The number of halogens is 1. The molecule has 2 unspecified atom stereocenters. The van der Waals surface area contributed by atoms with Crippen molar-refractivity contribution in [2.24, 2.45) is 11.1 Å². The Kier molecular flexibility index (Phi) is 7.62. The summed E-state index contributed by atoms with van der Waals surface area (Å²) in [5.74, 6) is -0.436. The van der Waals surface area contributed by atoms with Crippen LogP contribution in [0.5, 0.6) is 0 Å². The average molecular weight is 385 g/mol. The molecule has 1 aromatic rings. The fraction of sp³-hybridized carbons (Fsp3) is 0.579. The van der Waals surface area contributed by atoms with E-state index in [1.807, 2.05) is 45.0 Å². The first-order chi connectivity index (χ1) is 11.7. The second-order valence-corrected chi connectivity index (χ2v) is 7.07. The number of amides is 1. The zero-order valence-corrected chi connectivity index (χ0v) is 16.7. The number of hydrogen-bond acceptors (Lipinski definition) is 5. The molecule has 1 aromatic carbocycles. The lowest BCUT2D eigenvalue weighted by Crippen LogP contribution is -2.74. The molecule has 146 valence electrons. The molecule has 1 aliphatic carbocycles. The molecular formula is C19H29ClN2O4. The maximum Gasteiger partial charge on any atom is 0.305 e. The molecule has 0 spiro atoms. The summed E-state index contributed by atoms with van der Waals surface area (Å²) in [5.41, 5.74) is 6.70. The molecule has 1 saturated carbocycles. The molecule has 1 amide bonds. The van der Waals surface area contributed by atoms with Crippen molar-refractivity contribution in [3.63, 3.8) is 0 Å². The topological polar surface area (TPSA) is 90.6 Å². The van der Waals surface area contributed by atoms with Crippen LogP contribution in [0.25, 0.3) is 0 Å². The molecule has 1 aliphatic rings. The van der Waals surface area contributed by atoms with Crippen LogP contribution in [0.1, 0.15) is 39.2 Å². The number of nitrogens with one attached hydrogen (secondary N) is 1. The maximum absolute atomic E-state index is 12.7. The maximum atomic E-state index is 12.7. The van der Waals surface area contributed by atoms with Gasteiger partial charge < -0.3 is 20.5 Å². The highest BCUT2D eigenvalue weighted by Crippen LogP contribution is 2.50. The molecule has 7 heteroatoms. The fourth-order valence-electron chi connectivity index (χ4n) is 3.17. The lowest BCUT2D eigenvalue weighted by molar-refractivity contribution is -0.166. The quantitative estimate of drug-likeness (QED) is 0.705. The monoisotopic (exact) mass is 384 g/mol. The zero-order chi connectivity index (χ0) is 18.7. The van der Waals surface area contributed by atoms with Crippen LogP contribution in [0.15, 0.2) is 24.3 Å². The highest BCUT2D eigenvalue weighted by molar-refractivity contribution is 5.99. The SMILES string of the molecule is CCOC1CC(N)(C(=O)Nc2ccc(CCC(=O)OC)cc2)C1(C)C.Cl. The van der Waals surface area contributed by atoms with E-state index in [1.54, 1.807) is 0 Å². The van der Waals surface area contributed by atoms with Gasteiger partial charge in [0.15, 0.2) is 0 Å². The van der Waals surface area contributed by atoms with Gasteiger partial charge in [0, 0.05) is 30.6 Å². The minimum Gasteiger partial charge on any atom is -0.469 e. The number of methoxy groups -OCH3 is 1. The van der Waals surface area contributed by atoms with E-state index in [1.165, 1.54) is 7.11 Å². The van der Waals surface area contributed by atoms with Crippen LogP contribution >= 0.6 is 12.4 Å². The van der Waals surface area contributed by atoms with E-state index in [-0.39, 0.29) is 30.4 Å². The van der Waals surface area contributed by atoms with E-state index < -0.39 is 11.0 Å². The Bertz CT molecular complexity index is 633. The Balaban J connectivity index is 0.00000338. The normalized spacial score (nSPS) is 23.3. The van der Waals surface area contributed by atoms with Crippen LogP contribution in [-0.2, 0) is 25.5 Å². The summed E-state index contributed by atoms with van der Waals surface area (Å²) in [6, 6.07) is 7.41. The molecule has 2 atom stereocenters. The van der Waals surface area contributed by atoms with Crippen molar-refractivity contribution in [1.29, 1.82) is 0 Å². The lowest BCUT2D eigenvalue weighted by atomic mass is 9.54. The van der Waals surface area contributed by atoms with Crippen molar-refractivity contribution in [3.05, 3.63) is 29.8 Å². The molecular weight excluding hydrogens is 356 g/mol. The number of ether oxygens (including phenoxy) is 2. The summed E-state index contributed by atoms with van der Waals surface area (Å²) in [7, 11) is 1.38. The standard InChI is InChI=1S/C19H28N2O4.ClH/c1-5-25-15-12-19(20,18(15,2)3)17(23)21-14-9-6-13(7-10-14)8-11-16(22)24-4;/h6-7,9-10,15H,5,8,11-12,20H2,1-4H3,(H,21,23);1H. The summed E-state index contributed by atoms with van der Waals surface area (Å²) in [6.45, 7) is 6.48. The van der Waals surface area contributed by atoms with Crippen molar-refractivity contribution < 1.29 is 19.1 Å². The summed E-state index contributed by atoms with van der Waals surface area (Å²) >= 11 is 0. The number of hydrogen-bond donors (Lipinski definition) is 2. The average Bonchev–Trinajstić information content (AvgIpc) is 2.60. The van der Waals surface area contributed by atoms with Crippen LogP contribution in [0.3, 0.4) is 0 Å². The van der Waals surface area contributed by atoms with Crippen LogP contribution in [-0.4, -0.2) is 37.2 Å². The molecule has 1 fully saturated rings. The van der Waals surface area contributed by atoms with E-state index >= 15 is 0 Å². The van der Waals surface area contributed by atoms with Gasteiger partial charge in [-0.3, -0.25) is 9.59 Å². The van der Waals surface area contributed by atoms with Crippen molar-refractivity contribution in [2.45, 2.75) is 51.7 Å². The summed E-state index contributed by atoms with van der Waals surface area (Å²) in [4.78, 5) is 23.8. The van der Waals surface area contributed by atoms with Crippen LogP contribution in [0.4, 0.5) is 5.69 Å². The Hall–Kier alpha value is -1.63. The molecule has 2 rings (SSSR count). The molecule has 0 saturated heterocycles. The van der Waals surface area contributed by atoms with Gasteiger partial charge >= 0.3 is 5.97 Å². The molecule has 0 radical (unpaired) electrons. The third kappa shape index (κ3) is 4.37. The lowest BCUT2D eigenvalue weighted by Gasteiger charge is -2.57. The van der Waals surface area contributed by atoms with E-state index in [9.17, 15) is 9.59 Å². The molecule has 0 aliphatic heterocycles. The van der Waals surface area contributed by atoms with Gasteiger partial charge in [0.2, 0.25) is 5.91 Å². The predicted molar refractivity (Wildman–Crippen MR) is 103 cm³/mol. The second kappa shape index (κ2) is 8.84. The minimum atomic E-state index is -0.948. The van der Waals surface area contributed by atoms with Crippen molar-refractivity contribution >= 4 is 30.0 Å². The van der Waals surface area contributed by atoms with Crippen molar-refractivity contribution in [3.8, 4) is 0 Å². The highest BCUT2D eigenvalue weighted by atomic mass is 35.5. The smallest absolute Gasteiger partial charge is 0.305 e. The molecule has 6 nitrogen and oxygen atoms in total. The molecule has 26 heavy (non-hydrogen) atoms. The van der Waals surface area contributed by atoms with Crippen LogP contribution < -0.4 is 11.1 Å². The van der Waals surface area contributed by atoms with Gasteiger partial charge in [-0.2, -0.15) is 0 Å². The number of anilines is 1. The van der Waals surface area contributed by atoms with E-state index in [2.05, 4.69) is 10.1 Å². The zero-order valence-electron chi connectivity index (χ0n) is 15.8. The van der Waals surface area contributed by atoms with Gasteiger partial charge in [0.25, 0.3) is 0 Å². The first-order valence-corrected chi connectivity index (χ1v) is 8.62. The van der Waals surface area contributed by atoms with Crippen molar-refractivity contribution in [1.82, 2.24) is 0 Å². The number of benzene rings is 1. The van der Waals surface area contributed by atoms with Gasteiger partial charge in [-0.05, 0) is 31.0 Å². The van der Waals surface area contributed by atoms with Gasteiger partial charge in [-0.1, -0.05) is 26.0 Å². The third-order valence-electron chi connectivity index (χ3n) is 5.29. The van der Waals surface area contributed by atoms with Crippen LogP contribution in [0, 0.1) is 5.41 Å². The fourth-order valence-corrected chi connectivity index (χ4v) is 3.17. The molecule has 0 heterocycles. The Labute approximate surface area is 161 Å². The largest absolute Gasteiger partial charge is 0.469 e. The number of carbonyl (C=O) groups is 2. The van der Waals surface area contributed by atoms with Gasteiger partial charge in [-0.15, -0.1) is 12.4 Å². The van der Waals surface area contributed by atoms with Crippen molar-refractivity contribution in [2.75, 3.05) is 19.0 Å². The molecule has 3 N–H and O–H groups in total. The first-order valence-electron chi connectivity index (χ1n) is 8.62. The van der Waals surface area contributed by atoms with E-state index in [4.69, 9.17) is 10.5 Å². The number of carbonyl (C=O) groups excluding carboxylic acids is 2. The molecule has 0 aromatic heterocycles. The Morgan fingerprint density at radius 1 is 1.27 bits per heavy atom. The Morgan fingerprint density at radius 3 is 2.38 bits per heavy atom. The number of nitrogens with two attached hydrogens (primary N) is 1. The van der Waals surface area contributed by atoms with Gasteiger partial charge in [0.05, 0.1) is 13.2 Å². The summed E-state index contributed by atoms with van der Waals surface area (Å²) in [6.07, 6.45) is 1.44. The van der Waals surface area contributed by atoms with Crippen LogP contribution in [0.2, 0.25) is 0 Å². The highest BCUT2D eigenvalue weighted by Gasteiger charge is 2.62. The summed E-state index contributed by atoms with van der Waals surface area (Å²) < 4.78 is 10.3. The van der Waals surface area contributed by atoms with Gasteiger partial charge in [0.1, 0.15) is 5.54 Å². The second-order valence-electron chi connectivity index (χ2n) is 7.07. The minimum absolute atomic E-state index is 0. The summed E-state index contributed by atoms with van der Waals surface area (Å²) in [5, 5.41) is 2.89. The van der Waals surface area contributed by atoms with Gasteiger partial charge in [-0.25, -0.2) is 0 Å². The predicted octanol–water partition coefficient (Wildman–Crippen LogP) is 2.69. The number of esters is 1. The first kappa shape index (κ1) is 22.4. The number of aryl methyl sites for hydroxylation is 1. The molecule has 0 bridgehead atoms. The number of rotatable bonds is 7. The van der Waals surface area contributed by atoms with E-state index in [0.29, 0.717) is 31.6 Å². The third-order valence-corrected chi connectivity index (χ3v) is 5.29.